The summed E-state index contributed by atoms with van der Waals surface area (Å²) in [5, 5.41) is 5.86. The van der Waals surface area contributed by atoms with Gasteiger partial charge in [0.1, 0.15) is 11.6 Å². The molecule has 3 rings (SSSR count). The highest BCUT2D eigenvalue weighted by molar-refractivity contribution is 7.10. The fourth-order valence-electron chi connectivity index (χ4n) is 2.62. The molecule has 1 amide bonds. The summed E-state index contributed by atoms with van der Waals surface area (Å²) in [7, 11) is 0. The van der Waals surface area contributed by atoms with Gasteiger partial charge in [-0.15, -0.1) is 11.3 Å². The lowest BCUT2D eigenvalue weighted by molar-refractivity contribution is -0.133. The molecule has 1 unspecified atom stereocenters. The number of aromatic nitrogens is 2. The van der Waals surface area contributed by atoms with Crippen LogP contribution in [0.5, 0.6) is 0 Å². The Labute approximate surface area is 141 Å². The minimum atomic E-state index is -0.547. The molecule has 1 saturated heterocycles. The van der Waals surface area contributed by atoms with Crippen molar-refractivity contribution < 1.29 is 4.79 Å². The number of thiophene rings is 1. The zero-order valence-electron chi connectivity index (χ0n) is 11.5. The van der Waals surface area contributed by atoms with Crippen molar-refractivity contribution >= 4 is 40.4 Å². The van der Waals surface area contributed by atoms with Crippen LogP contribution in [0, 0.1) is 0 Å². The molecule has 0 radical (unpaired) electrons. The number of amides is 1. The molecule has 8 heteroatoms. The molecule has 116 valence electrons. The SMILES string of the molecule is O=C(Cn1ncc(Cl)c(Cl)c1=O)N1CCCC1c1cccs1. The number of hydrogen-bond donors (Lipinski definition) is 0. The first-order valence-electron chi connectivity index (χ1n) is 6.82. The molecule has 0 N–H and O–H groups in total. The van der Waals surface area contributed by atoms with Gasteiger partial charge in [-0.05, 0) is 24.3 Å². The minimum absolute atomic E-state index is 0.0889. The fraction of sp³-hybridized carbons (Fsp3) is 0.357. The summed E-state index contributed by atoms with van der Waals surface area (Å²) >= 11 is 13.2. The van der Waals surface area contributed by atoms with Crippen LogP contribution in [0.2, 0.25) is 10.0 Å². The monoisotopic (exact) mass is 357 g/mol. The standard InChI is InChI=1S/C14H13Cl2N3O2S/c15-9-7-17-19(14(21)13(9)16)8-12(20)18-5-1-3-10(18)11-4-2-6-22-11/h2,4,6-7,10H,1,3,5,8H2. The van der Waals surface area contributed by atoms with Crippen LogP contribution in [0.1, 0.15) is 23.8 Å². The van der Waals surface area contributed by atoms with E-state index in [1.54, 1.807) is 11.3 Å². The molecular formula is C14H13Cl2N3O2S. The topological polar surface area (TPSA) is 55.2 Å². The van der Waals surface area contributed by atoms with Crippen molar-refractivity contribution in [3.63, 3.8) is 0 Å². The first-order chi connectivity index (χ1) is 10.6. The Morgan fingerprint density at radius 3 is 3.00 bits per heavy atom. The summed E-state index contributed by atoms with van der Waals surface area (Å²) in [6.07, 6.45) is 3.17. The number of carbonyl (C=O) groups excluding carboxylic acids is 1. The Balaban J connectivity index is 1.80. The van der Waals surface area contributed by atoms with Gasteiger partial charge >= 0.3 is 0 Å². The summed E-state index contributed by atoms with van der Waals surface area (Å²) in [5.41, 5.74) is -0.547. The largest absolute Gasteiger partial charge is 0.333 e. The van der Waals surface area contributed by atoms with Crippen molar-refractivity contribution in [3.8, 4) is 0 Å². The Bertz CT molecular complexity index is 745. The van der Waals surface area contributed by atoms with Gasteiger partial charge < -0.3 is 4.90 Å². The van der Waals surface area contributed by atoms with Crippen molar-refractivity contribution in [1.29, 1.82) is 0 Å². The van der Waals surface area contributed by atoms with E-state index in [4.69, 9.17) is 23.2 Å². The minimum Gasteiger partial charge on any atom is -0.333 e. The number of halogens is 2. The van der Waals surface area contributed by atoms with E-state index < -0.39 is 5.56 Å². The van der Waals surface area contributed by atoms with E-state index in [1.807, 2.05) is 22.4 Å². The van der Waals surface area contributed by atoms with Crippen molar-refractivity contribution in [2.24, 2.45) is 0 Å². The van der Waals surface area contributed by atoms with Crippen molar-refractivity contribution in [3.05, 3.63) is 49.0 Å². The van der Waals surface area contributed by atoms with Gasteiger partial charge in [-0.1, -0.05) is 29.3 Å². The lowest BCUT2D eigenvalue weighted by atomic mass is 10.2. The third kappa shape index (κ3) is 2.91. The van der Waals surface area contributed by atoms with Gasteiger partial charge in [0.2, 0.25) is 5.91 Å². The van der Waals surface area contributed by atoms with Gasteiger partial charge in [0, 0.05) is 11.4 Å². The van der Waals surface area contributed by atoms with Gasteiger partial charge in [-0.2, -0.15) is 5.10 Å². The predicted molar refractivity (Wildman–Crippen MR) is 86.5 cm³/mol. The molecule has 5 nitrogen and oxygen atoms in total. The van der Waals surface area contributed by atoms with Gasteiger partial charge in [0.25, 0.3) is 5.56 Å². The quantitative estimate of drug-likeness (QED) is 0.848. The van der Waals surface area contributed by atoms with Crippen LogP contribution in [0.3, 0.4) is 0 Å². The van der Waals surface area contributed by atoms with Gasteiger partial charge in [-0.3, -0.25) is 9.59 Å². The van der Waals surface area contributed by atoms with Crippen molar-refractivity contribution in [2.75, 3.05) is 6.54 Å². The number of nitrogens with zero attached hydrogens (tertiary/aromatic N) is 3. The highest BCUT2D eigenvalue weighted by atomic mass is 35.5. The first-order valence-corrected chi connectivity index (χ1v) is 8.45. The van der Waals surface area contributed by atoms with E-state index in [-0.39, 0.29) is 28.5 Å². The molecule has 1 fully saturated rings. The Hall–Kier alpha value is -1.37. The Morgan fingerprint density at radius 1 is 1.45 bits per heavy atom. The summed E-state index contributed by atoms with van der Waals surface area (Å²) in [6.45, 7) is 0.565. The van der Waals surface area contributed by atoms with Crippen LogP contribution >= 0.6 is 34.5 Å². The molecule has 0 bridgehead atoms. The van der Waals surface area contributed by atoms with E-state index in [0.717, 1.165) is 17.5 Å². The third-order valence-electron chi connectivity index (χ3n) is 3.67. The summed E-state index contributed by atoms with van der Waals surface area (Å²) in [6, 6.07) is 4.10. The molecule has 0 aromatic carbocycles. The molecule has 2 aromatic rings. The molecule has 22 heavy (non-hydrogen) atoms. The van der Waals surface area contributed by atoms with Crippen molar-refractivity contribution in [1.82, 2.24) is 14.7 Å². The number of likely N-dealkylation sites (tertiary alicyclic amines) is 1. The number of rotatable bonds is 3. The van der Waals surface area contributed by atoms with Crippen LogP contribution in [0.25, 0.3) is 0 Å². The van der Waals surface area contributed by atoms with E-state index in [2.05, 4.69) is 5.10 Å². The molecule has 1 aliphatic rings. The molecular weight excluding hydrogens is 345 g/mol. The highest BCUT2D eigenvalue weighted by Crippen LogP contribution is 2.34. The highest BCUT2D eigenvalue weighted by Gasteiger charge is 2.30. The molecule has 1 atom stereocenters. The van der Waals surface area contributed by atoms with E-state index in [1.165, 1.54) is 11.1 Å². The van der Waals surface area contributed by atoms with E-state index >= 15 is 0 Å². The van der Waals surface area contributed by atoms with Crippen LogP contribution in [0.15, 0.2) is 28.5 Å². The zero-order chi connectivity index (χ0) is 15.7. The van der Waals surface area contributed by atoms with E-state index in [9.17, 15) is 9.59 Å². The lowest BCUT2D eigenvalue weighted by Gasteiger charge is -2.24. The fourth-order valence-corrected chi connectivity index (χ4v) is 3.76. The maximum absolute atomic E-state index is 12.5. The molecule has 3 heterocycles. The van der Waals surface area contributed by atoms with Crippen molar-refractivity contribution in [2.45, 2.75) is 25.4 Å². The lowest BCUT2D eigenvalue weighted by Crippen LogP contribution is -2.37. The average Bonchev–Trinajstić information content (AvgIpc) is 3.17. The Kier molecular flexibility index (Phi) is 4.52. The van der Waals surface area contributed by atoms with E-state index in [0.29, 0.717) is 6.54 Å². The van der Waals surface area contributed by atoms with Gasteiger partial charge in [0.05, 0.1) is 17.3 Å². The van der Waals surface area contributed by atoms with Crippen LogP contribution in [-0.2, 0) is 11.3 Å². The van der Waals surface area contributed by atoms with Crippen LogP contribution in [-0.4, -0.2) is 27.1 Å². The normalized spacial score (nSPS) is 17.9. The molecule has 0 spiro atoms. The number of hydrogen-bond acceptors (Lipinski definition) is 4. The summed E-state index contributed by atoms with van der Waals surface area (Å²) in [5.74, 6) is -0.135. The summed E-state index contributed by atoms with van der Waals surface area (Å²) in [4.78, 5) is 27.5. The molecule has 0 aliphatic carbocycles. The van der Waals surface area contributed by atoms with Gasteiger partial charge in [0.15, 0.2) is 0 Å². The molecule has 1 aliphatic heterocycles. The molecule has 2 aromatic heterocycles. The van der Waals surface area contributed by atoms with Crippen LogP contribution < -0.4 is 5.56 Å². The maximum atomic E-state index is 12.5. The Morgan fingerprint density at radius 2 is 2.27 bits per heavy atom. The average molecular weight is 358 g/mol. The number of carbonyl (C=O) groups is 1. The second kappa shape index (κ2) is 6.40. The summed E-state index contributed by atoms with van der Waals surface area (Å²) < 4.78 is 1.06. The second-order valence-corrected chi connectivity index (χ2v) is 6.79. The first kappa shape index (κ1) is 15.5. The maximum Gasteiger partial charge on any atom is 0.287 e. The second-order valence-electron chi connectivity index (χ2n) is 5.03. The smallest absolute Gasteiger partial charge is 0.287 e. The van der Waals surface area contributed by atoms with Crippen LogP contribution in [0.4, 0.5) is 0 Å². The van der Waals surface area contributed by atoms with Gasteiger partial charge in [-0.25, -0.2) is 4.68 Å². The molecule has 0 saturated carbocycles. The third-order valence-corrected chi connectivity index (χ3v) is 5.39. The zero-order valence-corrected chi connectivity index (χ0v) is 13.9. The predicted octanol–water partition coefficient (Wildman–Crippen LogP) is 2.98.